The first-order valence-electron chi connectivity index (χ1n) is 6.11. The summed E-state index contributed by atoms with van der Waals surface area (Å²) >= 11 is 0. The van der Waals surface area contributed by atoms with Crippen LogP contribution in [0.3, 0.4) is 0 Å². The molecule has 1 heterocycles. The second-order valence-corrected chi connectivity index (χ2v) is 4.50. The molecule has 0 aliphatic rings. The maximum absolute atomic E-state index is 12.4. The van der Waals surface area contributed by atoms with Gasteiger partial charge in [0.15, 0.2) is 6.29 Å². The Morgan fingerprint density at radius 2 is 2.00 bits per heavy atom. The summed E-state index contributed by atoms with van der Waals surface area (Å²) in [7, 11) is 0. The van der Waals surface area contributed by atoms with Gasteiger partial charge in [-0.15, -0.1) is 0 Å². The van der Waals surface area contributed by atoms with Crippen LogP contribution in [0, 0.1) is 0 Å². The van der Waals surface area contributed by atoms with Gasteiger partial charge in [0.05, 0.1) is 5.56 Å². The van der Waals surface area contributed by atoms with E-state index >= 15 is 0 Å². The van der Waals surface area contributed by atoms with Gasteiger partial charge in [-0.1, -0.05) is 12.1 Å². The van der Waals surface area contributed by atoms with E-state index in [4.69, 9.17) is 0 Å². The first kappa shape index (κ1) is 14.2. The lowest BCUT2D eigenvalue weighted by Gasteiger charge is -2.09. The molecule has 0 bridgehead atoms. The van der Waals surface area contributed by atoms with Crippen LogP contribution in [0.25, 0.3) is 11.3 Å². The fourth-order valence-electron chi connectivity index (χ4n) is 1.83. The molecule has 1 aromatic heterocycles. The van der Waals surface area contributed by atoms with E-state index in [1.54, 1.807) is 29.1 Å². The summed E-state index contributed by atoms with van der Waals surface area (Å²) in [6.07, 6.45) is 2.24. The first-order valence-corrected chi connectivity index (χ1v) is 6.11. The molecule has 0 spiro atoms. The van der Waals surface area contributed by atoms with Gasteiger partial charge in [-0.25, -0.2) is 0 Å². The number of benzene rings is 1. The zero-order chi connectivity index (χ0) is 14.7. The highest BCUT2D eigenvalue weighted by Crippen LogP contribution is 2.32. The van der Waals surface area contributed by atoms with Crippen molar-refractivity contribution in [2.24, 2.45) is 0 Å². The minimum atomic E-state index is -2.93. The molecule has 0 atom stereocenters. The highest BCUT2D eigenvalue weighted by molar-refractivity contribution is 5.87. The van der Waals surface area contributed by atoms with E-state index in [-0.39, 0.29) is 11.8 Å². The molecular weight excluding hydrogens is 266 g/mol. The summed E-state index contributed by atoms with van der Waals surface area (Å²) < 4.78 is 30.9. The van der Waals surface area contributed by atoms with Crippen LogP contribution < -0.4 is 4.74 Å². The fourth-order valence-corrected chi connectivity index (χ4v) is 1.83. The average molecular weight is 280 g/mol. The van der Waals surface area contributed by atoms with Gasteiger partial charge >= 0.3 is 6.61 Å². The maximum atomic E-state index is 12.4. The molecule has 0 N–H and O–H groups in total. The van der Waals surface area contributed by atoms with Crippen LogP contribution in [-0.2, 0) is 0 Å². The van der Waals surface area contributed by atoms with Crippen molar-refractivity contribution in [3.05, 3.63) is 36.0 Å². The summed E-state index contributed by atoms with van der Waals surface area (Å²) in [5.74, 6) is -0.000365. The number of aldehydes is 1. The third kappa shape index (κ3) is 2.84. The van der Waals surface area contributed by atoms with Crippen molar-refractivity contribution < 1.29 is 18.3 Å². The van der Waals surface area contributed by atoms with Crippen molar-refractivity contribution in [1.29, 1.82) is 0 Å². The molecule has 0 radical (unpaired) electrons. The smallest absolute Gasteiger partial charge is 0.387 e. The van der Waals surface area contributed by atoms with Crippen molar-refractivity contribution in [1.82, 2.24) is 9.78 Å². The molecule has 2 aromatic rings. The van der Waals surface area contributed by atoms with Crippen molar-refractivity contribution in [3.8, 4) is 17.0 Å². The number of hydrogen-bond acceptors (Lipinski definition) is 3. The van der Waals surface area contributed by atoms with Crippen LogP contribution in [0.4, 0.5) is 8.78 Å². The van der Waals surface area contributed by atoms with Crippen molar-refractivity contribution in [2.45, 2.75) is 26.5 Å². The van der Waals surface area contributed by atoms with Crippen LogP contribution in [-0.4, -0.2) is 22.7 Å². The van der Waals surface area contributed by atoms with Gasteiger partial charge in [-0.2, -0.15) is 13.9 Å². The number of hydrogen-bond donors (Lipinski definition) is 0. The normalized spacial score (nSPS) is 11.1. The Labute approximate surface area is 115 Å². The van der Waals surface area contributed by atoms with Gasteiger partial charge in [0, 0.05) is 17.8 Å². The number of carbonyl (C=O) groups is 1. The second-order valence-electron chi connectivity index (χ2n) is 4.50. The Hall–Kier alpha value is -2.24. The molecule has 0 fully saturated rings. The van der Waals surface area contributed by atoms with E-state index in [0.717, 1.165) is 0 Å². The molecule has 6 heteroatoms. The highest BCUT2D eigenvalue weighted by atomic mass is 19.3. The van der Waals surface area contributed by atoms with E-state index in [1.807, 2.05) is 13.8 Å². The third-order valence-corrected chi connectivity index (χ3v) is 2.77. The zero-order valence-electron chi connectivity index (χ0n) is 11.1. The predicted octanol–water partition coefficient (Wildman–Crippen LogP) is 3.54. The van der Waals surface area contributed by atoms with E-state index in [9.17, 15) is 13.6 Å². The Bertz CT molecular complexity index is 609. The second kappa shape index (κ2) is 5.81. The summed E-state index contributed by atoms with van der Waals surface area (Å²) in [6, 6.07) is 6.34. The van der Waals surface area contributed by atoms with Crippen LogP contribution in [0.15, 0.2) is 30.5 Å². The topological polar surface area (TPSA) is 44.1 Å². The number of halogens is 2. The van der Waals surface area contributed by atoms with Crippen molar-refractivity contribution >= 4 is 6.29 Å². The van der Waals surface area contributed by atoms with Crippen LogP contribution in [0.5, 0.6) is 5.75 Å². The Morgan fingerprint density at radius 3 is 2.60 bits per heavy atom. The van der Waals surface area contributed by atoms with E-state index in [0.29, 0.717) is 23.1 Å². The molecule has 0 aliphatic heterocycles. The fraction of sp³-hybridized carbons (Fsp3) is 0.286. The lowest BCUT2D eigenvalue weighted by Crippen LogP contribution is -2.04. The number of ether oxygens (including phenoxy) is 1. The van der Waals surface area contributed by atoms with Crippen molar-refractivity contribution in [3.63, 3.8) is 0 Å². The minimum absolute atomic E-state index is 0.000365. The number of rotatable bonds is 5. The number of alkyl halides is 2. The molecule has 0 amide bonds. The van der Waals surface area contributed by atoms with E-state index < -0.39 is 6.61 Å². The largest absolute Gasteiger partial charge is 0.434 e. The summed E-state index contributed by atoms with van der Waals surface area (Å²) in [5.41, 5.74) is 1.04. The minimum Gasteiger partial charge on any atom is -0.434 e. The van der Waals surface area contributed by atoms with Gasteiger partial charge in [0.25, 0.3) is 0 Å². The lowest BCUT2D eigenvalue weighted by atomic mass is 10.1. The summed E-state index contributed by atoms with van der Waals surface area (Å²) in [6.45, 7) is 0.892. The first-order chi connectivity index (χ1) is 9.52. The standard InChI is InChI=1S/C14H14F2N2O2/c1-9(2)18-7-10(8-19)13(17-18)11-5-3-4-6-12(11)20-14(15)16/h3-9,14H,1-2H3. The number of carbonyl (C=O) groups excluding carboxylic acids is 1. The van der Waals surface area contributed by atoms with Gasteiger partial charge in [-0.05, 0) is 26.0 Å². The highest BCUT2D eigenvalue weighted by Gasteiger charge is 2.17. The van der Waals surface area contributed by atoms with Crippen LogP contribution in [0.1, 0.15) is 30.2 Å². The monoisotopic (exact) mass is 280 g/mol. The third-order valence-electron chi connectivity index (χ3n) is 2.77. The molecule has 0 saturated heterocycles. The molecule has 1 aromatic carbocycles. The van der Waals surface area contributed by atoms with Crippen LogP contribution in [0.2, 0.25) is 0 Å². The van der Waals surface area contributed by atoms with E-state index in [2.05, 4.69) is 9.84 Å². The summed E-state index contributed by atoms with van der Waals surface area (Å²) in [5, 5.41) is 4.28. The molecule has 0 aliphatic carbocycles. The van der Waals surface area contributed by atoms with E-state index in [1.165, 1.54) is 6.07 Å². The Kier molecular flexibility index (Phi) is 4.12. The molecule has 106 valence electrons. The summed E-state index contributed by atoms with van der Waals surface area (Å²) in [4.78, 5) is 11.1. The van der Waals surface area contributed by atoms with Crippen LogP contribution >= 0.6 is 0 Å². The van der Waals surface area contributed by atoms with Crippen molar-refractivity contribution in [2.75, 3.05) is 0 Å². The average Bonchev–Trinajstić information content (AvgIpc) is 2.83. The van der Waals surface area contributed by atoms with Gasteiger partial charge in [0.2, 0.25) is 0 Å². The van der Waals surface area contributed by atoms with Gasteiger partial charge < -0.3 is 4.74 Å². The SMILES string of the molecule is CC(C)n1cc(C=O)c(-c2ccccc2OC(F)F)n1. The Morgan fingerprint density at radius 1 is 1.30 bits per heavy atom. The maximum Gasteiger partial charge on any atom is 0.387 e. The number of aromatic nitrogens is 2. The van der Waals surface area contributed by atoms with Gasteiger partial charge in [0.1, 0.15) is 11.4 Å². The van der Waals surface area contributed by atoms with Gasteiger partial charge in [-0.3, -0.25) is 9.48 Å². The molecule has 0 unspecified atom stereocenters. The molecular formula is C14H14F2N2O2. The molecule has 20 heavy (non-hydrogen) atoms. The zero-order valence-corrected chi connectivity index (χ0v) is 11.1. The quantitative estimate of drug-likeness (QED) is 0.787. The number of para-hydroxylation sites is 1. The predicted molar refractivity (Wildman–Crippen MR) is 70.1 cm³/mol. The Balaban J connectivity index is 2.53. The molecule has 0 saturated carbocycles. The number of nitrogens with zero attached hydrogens (tertiary/aromatic N) is 2. The lowest BCUT2D eigenvalue weighted by molar-refractivity contribution is -0.0494. The molecule has 4 nitrogen and oxygen atoms in total. The molecule has 2 rings (SSSR count).